The smallest absolute Gasteiger partial charge is 0.416 e. The minimum Gasteiger partial charge on any atom is -0.457 e. The zero-order valence-corrected chi connectivity index (χ0v) is 24.8. The van der Waals surface area contributed by atoms with Crippen LogP contribution in [-0.2, 0) is 34.0 Å². The van der Waals surface area contributed by atoms with E-state index in [0.717, 1.165) is 54.7 Å². The fourth-order valence-electron chi connectivity index (χ4n) is 8.34. The number of halogens is 3. The lowest BCUT2D eigenvalue weighted by Gasteiger charge is -2.56. The van der Waals surface area contributed by atoms with Crippen LogP contribution in [0.4, 0.5) is 19.0 Å². The number of alkyl halides is 3. The first-order chi connectivity index (χ1) is 21.0. The maximum absolute atomic E-state index is 13.5. The standard InChI is InChI=1S/C32H33F3N4O4S/c33-32(34,35)23-1-3-24(4-2-23)43-25-5-7-26(8-6-25)44(41,42)39-10-9-27-28(18-39)36-19-37-30(27)38-29(40)17-31-14-20-11-21(15-31)13-22(12-20)16-31/h1-8,19-22H,9-18H2,(H,36,37,38,40). The number of ether oxygens (including phenoxy) is 1. The number of hydrogen-bond acceptors (Lipinski definition) is 6. The molecule has 0 spiro atoms. The molecule has 1 N–H and O–H groups in total. The Labute approximate surface area is 254 Å². The molecule has 8 nitrogen and oxygen atoms in total. The van der Waals surface area contributed by atoms with Crippen molar-refractivity contribution in [3.8, 4) is 11.5 Å². The van der Waals surface area contributed by atoms with Gasteiger partial charge in [0, 0.05) is 18.5 Å². The van der Waals surface area contributed by atoms with Crippen LogP contribution < -0.4 is 10.1 Å². The largest absolute Gasteiger partial charge is 0.457 e. The van der Waals surface area contributed by atoms with Gasteiger partial charge in [-0.05, 0) is 117 Å². The normalized spacial score (nSPS) is 26.3. The molecule has 12 heteroatoms. The highest BCUT2D eigenvalue weighted by molar-refractivity contribution is 7.89. The molecule has 4 fully saturated rings. The van der Waals surface area contributed by atoms with Gasteiger partial charge in [-0.1, -0.05) is 0 Å². The second-order valence-corrected chi connectivity index (χ2v) is 14.9. The van der Waals surface area contributed by atoms with Crippen LogP contribution in [0.25, 0.3) is 0 Å². The lowest BCUT2D eigenvalue weighted by atomic mass is 9.49. The molecule has 4 saturated carbocycles. The van der Waals surface area contributed by atoms with Crippen LogP contribution >= 0.6 is 0 Å². The number of carbonyl (C=O) groups is 1. The molecule has 1 aromatic heterocycles. The fourth-order valence-corrected chi connectivity index (χ4v) is 9.75. The summed E-state index contributed by atoms with van der Waals surface area (Å²) in [6.07, 6.45) is 5.17. The second kappa shape index (κ2) is 10.8. The Bertz CT molecular complexity index is 1640. The van der Waals surface area contributed by atoms with E-state index in [1.807, 2.05) is 0 Å². The van der Waals surface area contributed by atoms with E-state index >= 15 is 0 Å². The molecule has 0 saturated heterocycles. The van der Waals surface area contributed by atoms with E-state index < -0.39 is 21.8 Å². The summed E-state index contributed by atoms with van der Waals surface area (Å²) in [6.45, 7) is 0.242. The molecule has 2 aromatic carbocycles. The van der Waals surface area contributed by atoms with Gasteiger partial charge in [-0.25, -0.2) is 18.4 Å². The molecule has 1 aliphatic heterocycles. The van der Waals surface area contributed by atoms with Crippen LogP contribution in [0.5, 0.6) is 11.5 Å². The van der Waals surface area contributed by atoms with Crippen molar-refractivity contribution >= 4 is 21.7 Å². The summed E-state index contributed by atoms with van der Waals surface area (Å²) in [5, 5.41) is 3.04. The van der Waals surface area contributed by atoms with Crippen molar-refractivity contribution in [2.45, 2.75) is 69.0 Å². The molecule has 0 radical (unpaired) electrons. The summed E-state index contributed by atoms with van der Waals surface area (Å²) in [5.74, 6) is 3.20. The first kappa shape index (κ1) is 29.2. The number of nitrogens with one attached hydrogen (secondary N) is 1. The quantitative estimate of drug-likeness (QED) is 0.318. The fraction of sp³-hybridized carbons (Fsp3) is 0.469. The Morgan fingerprint density at radius 1 is 0.932 bits per heavy atom. The number of benzene rings is 2. The third kappa shape index (κ3) is 5.69. The van der Waals surface area contributed by atoms with Crippen molar-refractivity contribution in [3.05, 3.63) is 71.7 Å². The van der Waals surface area contributed by atoms with E-state index in [0.29, 0.717) is 24.4 Å². The van der Waals surface area contributed by atoms with Crippen LogP contribution in [0.2, 0.25) is 0 Å². The van der Waals surface area contributed by atoms with Crippen LogP contribution in [0.1, 0.15) is 61.8 Å². The molecule has 4 bridgehead atoms. The van der Waals surface area contributed by atoms with Crippen molar-refractivity contribution in [3.63, 3.8) is 0 Å². The Hall–Kier alpha value is -3.51. The topological polar surface area (TPSA) is 101 Å². The Kier molecular flexibility index (Phi) is 7.19. The minimum atomic E-state index is -4.45. The van der Waals surface area contributed by atoms with Crippen molar-refractivity contribution in [1.29, 1.82) is 0 Å². The molecule has 8 rings (SSSR count). The molecule has 232 valence electrons. The first-order valence-corrected chi connectivity index (χ1v) is 16.5. The summed E-state index contributed by atoms with van der Waals surface area (Å²) in [7, 11) is -3.88. The number of carbonyl (C=O) groups excluding carboxylic acids is 1. The maximum atomic E-state index is 13.5. The number of hydrogen-bond donors (Lipinski definition) is 1. The van der Waals surface area contributed by atoms with Crippen molar-refractivity contribution < 1.29 is 31.1 Å². The summed E-state index contributed by atoms with van der Waals surface area (Å²) < 4.78 is 72.3. The van der Waals surface area contributed by atoms with Gasteiger partial charge in [-0.2, -0.15) is 17.5 Å². The Balaban J connectivity index is 1.000. The number of anilines is 1. The highest BCUT2D eigenvalue weighted by Crippen LogP contribution is 2.61. The average Bonchev–Trinajstić information content (AvgIpc) is 2.96. The van der Waals surface area contributed by atoms with E-state index in [-0.39, 0.29) is 40.8 Å². The lowest BCUT2D eigenvalue weighted by Crippen LogP contribution is -2.47. The molecule has 3 aromatic rings. The number of aromatic nitrogens is 2. The number of sulfonamides is 1. The summed E-state index contributed by atoms with van der Waals surface area (Å²) >= 11 is 0. The summed E-state index contributed by atoms with van der Waals surface area (Å²) in [5.41, 5.74) is 0.641. The van der Waals surface area contributed by atoms with Gasteiger partial charge < -0.3 is 10.1 Å². The third-order valence-electron chi connectivity index (χ3n) is 9.81. The van der Waals surface area contributed by atoms with Crippen LogP contribution in [0.15, 0.2) is 59.8 Å². The highest BCUT2D eigenvalue weighted by atomic mass is 32.2. The minimum absolute atomic E-state index is 0.0264. The maximum Gasteiger partial charge on any atom is 0.416 e. The SMILES string of the molecule is O=C(CC12CC3CC(CC(C3)C1)C2)Nc1ncnc2c1CCN(S(=O)(=O)c1ccc(Oc3ccc(C(F)(F)F)cc3)cc1)C2. The van der Waals surface area contributed by atoms with Gasteiger partial charge >= 0.3 is 6.18 Å². The van der Waals surface area contributed by atoms with E-state index in [2.05, 4.69) is 15.3 Å². The molecule has 2 heterocycles. The molecule has 1 amide bonds. The Morgan fingerprint density at radius 3 is 2.11 bits per heavy atom. The predicted molar refractivity (Wildman–Crippen MR) is 155 cm³/mol. The number of nitrogens with zero attached hydrogens (tertiary/aromatic N) is 3. The van der Waals surface area contributed by atoms with Gasteiger partial charge in [0.05, 0.1) is 22.7 Å². The molecule has 0 unspecified atom stereocenters. The molecule has 44 heavy (non-hydrogen) atoms. The molecule has 4 aliphatic carbocycles. The molecule has 0 atom stereocenters. The second-order valence-electron chi connectivity index (χ2n) is 13.0. The van der Waals surface area contributed by atoms with Crippen molar-refractivity contribution in [1.82, 2.24) is 14.3 Å². The van der Waals surface area contributed by atoms with Gasteiger partial charge in [0.25, 0.3) is 0 Å². The van der Waals surface area contributed by atoms with Crippen molar-refractivity contribution in [2.75, 3.05) is 11.9 Å². The van der Waals surface area contributed by atoms with E-state index in [4.69, 9.17) is 4.74 Å². The zero-order valence-electron chi connectivity index (χ0n) is 24.0. The van der Waals surface area contributed by atoms with E-state index in [1.165, 1.54) is 66.3 Å². The lowest BCUT2D eigenvalue weighted by molar-refractivity contribution is -0.137. The van der Waals surface area contributed by atoms with Gasteiger partial charge in [0.15, 0.2) is 0 Å². The van der Waals surface area contributed by atoms with Crippen LogP contribution in [0, 0.1) is 23.2 Å². The van der Waals surface area contributed by atoms with E-state index in [9.17, 15) is 26.4 Å². The monoisotopic (exact) mass is 626 g/mol. The third-order valence-corrected chi connectivity index (χ3v) is 11.7. The van der Waals surface area contributed by atoms with Crippen molar-refractivity contribution in [2.24, 2.45) is 23.2 Å². The zero-order chi connectivity index (χ0) is 30.7. The van der Waals surface area contributed by atoms with Gasteiger partial charge in [-0.3, -0.25) is 4.79 Å². The van der Waals surface area contributed by atoms with Crippen LogP contribution in [0.3, 0.4) is 0 Å². The van der Waals surface area contributed by atoms with Gasteiger partial charge in [0.2, 0.25) is 15.9 Å². The Morgan fingerprint density at radius 2 is 1.52 bits per heavy atom. The molecular weight excluding hydrogens is 593 g/mol. The number of rotatable bonds is 7. The molecular formula is C32H33F3N4O4S. The number of fused-ring (bicyclic) bond motifs is 1. The van der Waals surface area contributed by atoms with E-state index in [1.54, 1.807) is 0 Å². The van der Waals surface area contributed by atoms with Crippen LogP contribution in [-0.4, -0.2) is 35.1 Å². The summed E-state index contributed by atoms with van der Waals surface area (Å²) in [4.78, 5) is 22.0. The first-order valence-electron chi connectivity index (χ1n) is 15.0. The number of amides is 1. The summed E-state index contributed by atoms with van der Waals surface area (Å²) in [6, 6.07) is 9.99. The highest BCUT2D eigenvalue weighted by Gasteiger charge is 2.51. The average molecular weight is 627 g/mol. The van der Waals surface area contributed by atoms with Gasteiger partial charge in [0.1, 0.15) is 23.6 Å². The van der Waals surface area contributed by atoms with Gasteiger partial charge in [-0.15, -0.1) is 0 Å². The molecule has 5 aliphatic rings. The predicted octanol–water partition coefficient (Wildman–Crippen LogP) is 6.58.